The van der Waals surface area contributed by atoms with Crippen LogP contribution in [0.25, 0.3) is 0 Å². The van der Waals surface area contributed by atoms with Crippen LogP contribution in [-0.2, 0) is 14.3 Å². The van der Waals surface area contributed by atoms with Crippen LogP contribution in [0, 0.1) is 6.92 Å². The predicted molar refractivity (Wildman–Crippen MR) is 31.6 cm³/mol. The van der Waals surface area contributed by atoms with E-state index in [2.05, 4.69) is 11.7 Å². The van der Waals surface area contributed by atoms with Gasteiger partial charge in [-0.3, -0.25) is 4.79 Å². The number of carbonyl (C=O) groups is 2. The molecule has 0 fully saturated rings. The first-order valence-electron chi connectivity index (χ1n) is 2.67. The summed E-state index contributed by atoms with van der Waals surface area (Å²) >= 11 is 0. The van der Waals surface area contributed by atoms with Crippen LogP contribution < -0.4 is 29.6 Å². The summed E-state index contributed by atoms with van der Waals surface area (Å²) in [5.41, 5.74) is 0. The number of esters is 1. The van der Waals surface area contributed by atoms with Crippen LogP contribution in [0.1, 0.15) is 13.3 Å². The van der Waals surface area contributed by atoms with Gasteiger partial charge in [-0.2, -0.15) is 0 Å². The van der Waals surface area contributed by atoms with Gasteiger partial charge in [0.2, 0.25) is 0 Å². The van der Waals surface area contributed by atoms with E-state index in [-0.39, 0.29) is 36.0 Å². The minimum absolute atomic E-state index is 0. The number of ether oxygens (including phenoxy) is 1. The molecule has 0 aromatic carbocycles. The second kappa shape index (κ2) is 7.12. The third kappa shape index (κ3) is 8.01. The standard InChI is InChI=1S/C6H9O3.Na/c1-3-9-6(8)4-5(2)7;/h2-4H2,1H3;/q-1;+1. The fraction of sp³-hybridized carbons (Fsp3) is 0.500. The molecule has 0 unspecified atom stereocenters. The smallest absolute Gasteiger partial charge is 0.466 e. The van der Waals surface area contributed by atoms with Gasteiger partial charge in [-0.25, -0.2) is 0 Å². The third-order valence-electron chi connectivity index (χ3n) is 0.647. The monoisotopic (exact) mass is 152 g/mol. The second-order valence-corrected chi connectivity index (χ2v) is 1.52. The second-order valence-electron chi connectivity index (χ2n) is 1.52. The van der Waals surface area contributed by atoms with Crippen molar-refractivity contribution in [3.05, 3.63) is 6.92 Å². The SMILES string of the molecule is [CH2-]C(=O)CC(=O)OCC.[Na+]. The average Bonchev–Trinajstić information content (AvgIpc) is 1.63. The molecule has 0 aliphatic carbocycles. The van der Waals surface area contributed by atoms with Crippen LogP contribution in [0.4, 0.5) is 0 Å². The van der Waals surface area contributed by atoms with Crippen LogP contribution in [-0.4, -0.2) is 18.4 Å². The fourth-order valence-electron chi connectivity index (χ4n) is 0.373. The van der Waals surface area contributed by atoms with E-state index in [4.69, 9.17) is 0 Å². The van der Waals surface area contributed by atoms with Crippen molar-refractivity contribution in [2.45, 2.75) is 13.3 Å². The molecule has 10 heavy (non-hydrogen) atoms. The van der Waals surface area contributed by atoms with Gasteiger partial charge in [0, 0.05) is 5.78 Å². The molecule has 0 radical (unpaired) electrons. The molecule has 3 nitrogen and oxygen atoms in total. The van der Waals surface area contributed by atoms with Gasteiger partial charge in [-0.15, -0.1) is 0 Å². The average molecular weight is 152 g/mol. The molecule has 0 aliphatic heterocycles. The number of hydrogen-bond donors (Lipinski definition) is 0. The van der Waals surface area contributed by atoms with Crippen molar-refractivity contribution in [1.82, 2.24) is 0 Å². The molecule has 0 bridgehead atoms. The molecule has 0 aromatic heterocycles. The van der Waals surface area contributed by atoms with Crippen molar-refractivity contribution in [3.8, 4) is 0 Å². The fourth-order valence-corrected chi connectivity index (χ4v) is 0.373. The van der Waals surface area contributed by atoms with Crippen LogP contribution in [0.5, 0.6) is 0 Å². The summed E-state index contributed by atoms with van der Waals surface area (Å²) in [4.78, 5) is 20.5. The Morgan fingerprint density at radius 2 is 2.00 bits per heavy atom. The molecular formula is C6H9NaO3. The van der Waals surface area contributed by atoms with Crippen LogP contribution in [0.2, 0.25) is 0 Å². The Kier molecular flexibility index (Phi) is 9.02. The summed E-state index contributed by atoms with van der Waals surface area (Å²) in [7, 11) is 0. The molecule has 0 spiro atoms. The quantitative estimate of drug-likeness (QED) is 0.192. The zero-order chi connectivity index (χ0) is 7.28. The van der Waals surface area contributed by atoms with Gasteiger partial charge in [0.05, 0.1) is 13.0 Å². The molecule has 52 valence electrons. The first-order valence-corrected chi connectivity index (χ1v) is 2.67. The van der Waals surface area contributed by atoms with E-state index in [0.717, 1.165) is 0 Å². The summed E-state index contributed by atoms with van der Waals surface area (Å²) in [5.74, 6) is -0.911. The Morgan fingerprint density at radius 1 is 1.50 bits per heavy atom. The summed E-state index contributed by atoms with van der Waals surface area (Å²) in [6, 6.07) is 0. The molecule has 0 amide bonds. The van der Waals surface area contributed by atoms with Gasteiger partial charge in [0.25, 0.3) is 0 Å². The van der Waals surface area contributed by atoms with E-state index in [9.17, 15) is 9.59 Å². The van der Waals surface area contributed by atoms with Gasteiger partial charge in [0.1, 0.15) is 0 Å². The van der Waals surface area contributed by atoms with Crippen molar-refractivity contribution in [2.75, 3.05) is 6.61 Å². The molecular weight excluding hydrogens is 143 g/mol. The molecule has 4 heteroatoms. The first-order chi connectivity index (χ1) is 4.16. The van der Waals surface area contributed by atoms with Crippen molar-refractivity contribution in [2.24, 2.45) is 0 Å². The van der Waals surface area contributed by atoms with E-state index >= 15 is 0 Å². The number of carbonyl (C=O) groups excluding carboxylic acids is 2. The minimum Gasteiger partial charge on any atom is -0.466 e. The van der Waals surface area contributed by atoms with E-state index in [1.54, 1.807) is 6.92 Å². The van der Waals surface area contributed by atoms with E-state index in [1.165, 1.54) is 0 Å². The summed E-state index contributed by atoms with van der Waals surface area (Å²) in [6.07, 6.45) is -0.214. The van der Waals surface area contributed by atoms with Crippen molar-refractivity contribution in [3.63, 3.8) is 0 Å². The molecule has 0 atom stereocenters. The Labute approximate surface area is 82.4 Å². The number of Topliss-reactive ketones (excluding diaryl/α,β-unsaturated/α-hetero) is 1. The summed E-state index contributed by atoms with van der Waals surface area (Å²) in [5, 5.41) is 0. The molecule has 0 heterocycles. The van der Waals surface area contributed by atoms with Gasteiger partial charge < -0.3 is 16.5 Å². The molecule has 0 aliphatic rings. The van der Waals surface area contributed by atoms with E-state index in [0.29, 0.717) is 6.61 Å². The molecule has 0 aromatic rings. The van der Waals surface area contributed by atoms with E-state index in [1.807, 2.05) is 0 Å². The largest absolute Gasteiger partial charge is 1.00 e. The maximum Gasteiger partial charge on any atom is 1.00 e. The van der Waals surface area contributed by atoms with Gasteiger partial charge >= 0.3 is 35.5 Å². The van der Waals surface area contributed by atoms with Gasteiger partial charge in [0.15, 0.2) is 0 Å². The Balaban J connectivity index is 0. The topological polar surface area (TPSA) is 43.4 Å². The number of rotatable bonds is 3. The number of hydrogen-bond acceptors (Lipinski definition) is 3. The summed E-state index contributed by atoms with van der Waals surface area (Å²) < 4.78 is 4.45. The van der Waals surface area contributed by atoms with Crippen molar-refractivity contribution in [1.29, 1.82) is 0 Å². The van der Waals surface area contributed by atoms with Crippen LogP contribution >= 0.6 is 0 Å². The minimum atomic E-state index is -0.502. The summed E-state index contributed by atoms with van der Waals surface area (Å²) in [6.45, 7) is 5.02. The van der Waals surface area contributed by atoms with Crippen LogP contribution in [0.15, 0.2) is 0 Å². The maximum absolute atomic E-state index is 10.4. The molecule has 0 rings (SSSR count). The van der Waals surface area contributed by atoms with E-state index < -0.39 is 11.8 Å². The Bertz CT molecular complexity index is 122. The maximum atomic E-state index is 10.4. The number of ketones is 1. The first kappa shape index (κ1) is 12.7. The predicted octanol–water partition coefficient (Wildman–Crippen LogP) is -2.65. The Morgan fingerprint density at radius 3 is 2.30 bits per heavy atom. The molecule has 0 saturated heterocycles. The van der Waals surface area contributed by atoms with Gasteiger partial charge in [-0.05, 0) is 6.92 Å². The zero-order valence-corrected chi connectivity index (χ0v) is 8.35. The third-order valence-corrected chi connectivity index (χ3v) is 0.647. The molecule has 0 N–H and O–H groups in total. The van der Waals surface area contributed by atoms with Crippen molar-refractivity contribution >= 4 is 11.8 Å². The normalized spacial score (nSPS) is 7.70. The van der Waals surface area contributed by atoms with Crippen LogP contribution in [0.3, 0.4) is 0 Å². The van der Waals surface area contributed by atoms with Crippen molar-refractivity contribution < 1.29 is 43.9 Å². The van der Waals surface area contributed by atoms with Gasteiger partial charge in [-0.1, -0.05) is 0 Å². The zero-order valence-electron chi connectivity index (χ0n) is 6.35. The molecule has 0 saturated carbocycles. The Hall–Kier alpha value is 0.0100.